The van der Waals surface area contributed by atoms with Crippen molar-refractivity contribution in [3.8, 4) is 0 Å². The molecule has 2 aliphatic rings. The minimum Gasteiger partial charge on any atom is -0.349 e. The third kappa shape index (κ3) is 3.41. The van der Waals surface area contributed by atoms with Crippen molar-refractivity contribution >= 4 is 27.3 Å². The van der Waals surface area contributed by atoms with E-state index in [0.29, 0.717) is 11.6 Å². The number of nitro groups is 1. The zero-order valence-electron chi connectivity index (χ0n) is 13.4. The zero-order valence-corrected chi connectivity index (χ0v) is 14.3. The monoisotopic (exact) mass is 356 g/mol. The van der Waals surface area contributed by atoms with Gasteiger partial charge in [0.1, 0.15) is 5.69 Å². The Morgan fingerprint density at radius 1 is 1.08 bits per heavy atom. The maximum absolute atomic E-state index is 11.6. The fraction of sp³-hybridized carbons (Fsp3) is 0.692. The molecular formula is C13H20N6O4S. The lowest BCUT2D eigenvalue weighted by atomic mass is 10.3. The zero-order chi connectivity index (χ0) is 17.3. The van der Waals surface area contributed by atoms with Crippen LogP contribution in [0, 0.1) is 17.0 Å². The van der Waals surface area contributed by atoms with Gasteiger partial charge >= 0.3 is 5.69 Å². The second kappa shape index (κ2) is 6.48. The summed E-state index contributed by atoms with van der Waals surface area (Å²) in [6.45, 7) is 5.07. The summed E-state index contributed by atoms with van der Waals surface area (Å²) in [6, 6.07) is 0. The number of hydrogen-bond acceptors (Lipinski definition) is 9. The molecule has 3 heterocycles. The van der Waals surface area contributed by atoms with Crippen LogP contribution in [0.3, 0.4) is 0 Å². The van der Waals surface area contributed by atoms with E-state index in [9.17, 15) is 18.5 Å². The van der Waals surface area contributed by atoms with E-state index >= 15 is 0 Å². The Labute approximate surface area is 139 Å². The van der Waals surface area contributed by atoms with E-state index in [1.54, 1.807) is 11.8 Å². The van der Waals surface area contributed by atoms with E-state index in [2.05, 4.69) is 15.3 Å². The van der Waals surface area contributed by atoms with E-state index in [0.717, 1.165) is 26.2 Å². The van der Waals surface area contributed by atoms with Gasteiger partial charge in [0.05, 0.1) is 16.4 Å². The molecule has 0 bridgehead atoms. The lowest BCUT2D eigenvalue weighted by molar-refractivity contribution is -0.385. The number of hydrogen-bond donors (Lipinski definition) is 1. The van der Waals surface area contributed by atoms with Crippen LogP contribution in [0.5, 0.6) is 0 Å². The van der Waals surface area contributed by atoms with Crippen LogP contribution < -0.4 is 15.1 Å². The first-order valence-corrected chi connectivity index (χ1v) is 9.63. The quantitative estimate of drug-likeness (QED) is 0.555. The highest BCUT2D eigenvalue weighted by molar-refractivity contribution is 7.91. The summed E-state index contributed by atoms with van der Waals surface area (Å²) in [5.41, 5.74) is 0.153. The maximum Gasteiger partial charge on any atom is 0.332 e. The topological polar surface area (TPSA) is 122 Å². The van der Waals surface area contributed by atoms with Gasteiger partial charge in [-0.25, -0.2) is 13.4 Å². The van der Waals surface area contributed by atoms with Crippen molar-refractivity contribution in [2.24, 2.45) is 0 Å². The predicted molar refractivity (Wildman–Crippen MR) is 89.4 cm³/mol. The molecule has 1 aromatic rings. The number of nitrogens with zero attached hydrogens (tertiary/aromatic N) is 5. The van der Waals surface area contributed by atoms with Crippen molar-refractivity contribution in [3.05, 3.63) is 15.8 Å². The Bertz CT molecular complexity index is 733. The summed E-state index contributed by atoms with van der Waals surface area (Å²) in [4.78, 5) is 23.4. The fourth-order valence-corrected chi connectivity index (χ4v) is 4.10. The summed E-state index contributed by atoms with van der Waals surface area (Å²) in [6.07, 6.45) is 0. The lowest BCUT2D eigenvalue weighted by Gasteiger charge is -2.30. The van der Waals surface area contributed by atoms with Gasteiger partial charge in [-0.15, -0.1) is 0 Å². The van der Waals surface area contributed by atoms with E-state index in [1.165, 1.54) is 0 Å². The van der Waals surface area contributed by atoms with E-state index in [-0.39, 0.29) is 36.1 Å². The molecule has 3 rings (SSSR count). The van der Waals surface area contributed by atoms with Crippen LogP contribution in [0.4, 0.5) is 17.5 Å². The molecule has 1 aromatic heterocycles. The first-order chi connectivity index (χ1) is 11.4. The highest BCUT2D eigenvalue weighted by atomic mass is 32.2. The standard InChI is InChI=1S/C13H20N6O4S/c1-10-11(19(20)21)12(17-6-8-24(22,23)9-7-17)16-13(15-10)18-4-2-14-3-5-18/h14H,2-9H2,1H3. The number of anilines is 2. The Morgan fingerprint density at radius 2 is 1.71 bits per heavy atom. The van der Waals surface area contributed by atoms with Gasteiger partial charge < -0.3 is 15.1 Å². The molecule has 0 unspecified atom stereocenters. The molecule has 2 fully saturated rings. The predicted octanol–water partition coefficient (Wildman–Crippen LogP) is -0.662. The molecule has 10 nitrogen and oxygen atoms in total. The minimum absolute atomic E-state index is 0.0177. The largest absolute Gasteiger partial charge is 0.349 e. The molecule has 0 spiro atoms. The molecule has 2 aliphatic heterocycles. The second-order valence-corrected chi connectivity index (χ2v) is 8.22. The maximum atomic E-state index is 11.6. The molecule has 0 aliphatic carbocycles. The Balaban J connectivity index is 1.98. The number of aryl methyl sites for hydroxylation is 1. The first-order valence-electron chi connectivity index (χ1n) is 7.81. The summed E-state index contributed by atoms with van der Waals surface area (Å²) in [5.74, 6) is 0.644. The van der Waals surface area contributed by atoms with Crippen LogP contribution in [-0.4, -0.2) is 74.1 Å². The van der Waals surface area contributed by atoms with Crippen LogP contribution in [-0.2, 0) is 9.84 Å². The molecule has 11 heteroatoms. The van der Waals surface area contributed by atoms with Gasteiger partial charge in [0, 0.05) is 39.3 Å². The van der Waals surface area contributed by atoms with Gasteiger partial charge in [-0.05, 0) is 6.92 Å². The molecule has 24 heavy (non-hydrogen) atoms. The average molecular weight is 356 g/mol. The lowest BCUT2D eigenvalue weighted by Crippen LogP contribution is -2.45. The van der Waals surface area contributed by atoms with Gasteiger partial charge in [-0.2, -0.15) is 4.98 Å². The molecule has 132 valence electrons. The molecule has 0 aromatic carbocycles. The summed E-state index contributed by atoms with van der Waals surface area (Å²) < 4.78 is 23.2. The minimum atomic E-state index is -3.07. The van der Waals surface area contributed by atoms with Gasteiger partial charge in [-0.3, -0.25) is 10.1 Å². The van der Waals surface area contributed by atoms with Crippen molar-refractivity contribution in [2.45, 2.75) is 6.92 Å². The second-order valence-electron chi connectivity index (χ2n) is 5.91. The van der Waals surface area contributed by atoms with Gasteiger partial charge in [0.25, 0.3) is 0 Å². The Hall–Kier alpha value is -2.01. The number of nitrogens with one attached hydrogen (secondary N) is 1. The van der Waals surface area contributed by atoms with Gasteiger partial charge in [0.2, 0.25) is 11.8 Å². The van der Waals surface area contributed by atoms with Crippen LogP contribution in [0.2, 0.25) is 0 Å². The van der Waals surface area contributed by atoms with Gasteiger partial charge in [-0.1, -0.05) is 0 Å². The molecule has 0 amide bonds. The number of rotatable bonds is 3. The first kappa shape index (κ1) is 16.8. The van der Waals surface area contributed by atoms with Crippen molar-refractivity contribution in [3.63, 3.8) is 0 Å². The normalized spacial score (nSPS) is 20.9. The van der Waals surface area contributed by atoms with Crippen molar-refractivity contribution in [1.82, 2.24) is 15.3 Å². The van der Waals surface area contributed by atoms with Crippen molar-refractivity contribution in [1.29, 1.82) is 0 Å². The fourth-order valence-electron chi connectivity index (χ4n) is 2.90. The molecular weight excluding hydrogens is 336 g/mol. The van der Waals surface area contributed by atoms with Crippen molar-refractivity contribution in [2.75, 3.05) is 60.6 Å². The Morgan fingerprint density at radius 3 is 2.29 bits per heavy atom. The van der Waals surface area contributed by atoms with Crippen LogP contribution in [0.1, 0.15) is 5.69 Å². The summed E-state index contributed by atoms with van der Waals surface area (Å²) >= 11 is 0. The number of sulfone groups is 1. The van der Waals surface area contributed by atoms with E-state index in [4.69, 9.17) is 0 Å². The number of aromatic nitrogens is 2. The highest BCUT2D eigenvalue weighted by Gasteiger charge is 2.31. The molecule has 1 N–H and O–H groups in total. The average Bonchev–Trinajstić information content (AvgIpc) is 2.54. The van der Waals surface area contributed by atoms with Crippen LogP contribution in [0.25, 0.3) is 0 Å². The third-order valence-electron chi connectivity index (χ3n) is 4.25. The highest BCUT2D eigenvalue weighted by Crippen LogP contribution is 2.31. The van der Waals surface area contributed by atoms with E-state index < -0.39 is 14.8 Å². The molecule has 0 radical (unpaired) electrons. The SMILES string of the molecule is Cc1nc(N2CCNCC2)nc(N2CCS(=O)(=O)CC2)c1[N+](=O)[O-]. The number of piperazine rings is 1. The smallest absolute Gasteiger partial charge is 0.332 e. The Kier molecular flexibility index (Phi) is 4.54. The van der Waals surface area contributed by atoms with Crippen LogP contribution >= 0.6 is 0 Å². The molecule has 2 saturated heterocycles. The third-order valence-corrected chi connectivity index (χ3v) is 5.86. The summed E-state index contributed by atoms with van der Waals surface area (Å²) in [7, 11) is -3.07. The summed E-state index contributed by atoms with van der Waals surface area (Å²) in [5, 5.41) is 14.7. The van der Waals surface area contributed by atoms with Crippen LogP contribution in [0.15, 0.2) is 0 Å². The van der Waals surface area contributed by atoms with Gasteiger partial charge in [0.15, 0.2) is 9.84 Å². The molecule has 0 saturated carbocycles. The van der Waals surface area contributed by atoms with Crippen molar-refractivity contribution < 1.29 is 13.3 Å². The van der Waals surface area contributed by atoms with E-state index in [1.807, 2.05) is 4.90 Å². The molecule has 0 atom stereocenters.